The minimum Gasteiger partial charge on any atom is -0.508 e. The number of carboxylic acids is 1. The summed E-state index contributed by atoms with van der Waals surface area (Å²) in [6.45, 7) is 1.97. The predicted octanol–water partition coefficient (Wildman–Crippen LogP) is 3.32. The maximum Gasteiger partial charge on any atom is 0.321 e. The summed E-state index contributed by atoms with van der Waals surface area (Å²) in [4.78, 5) is 11.9. The maximum atomic E-state index is 11.9. The molecular formula is C20H23NO4. The fourth-order valence-electron chi connectivity index (χ4n) is 3.74. The minimum atomic E-state index is -0.882. The molecular weight excluding hydrogens is 318 g/mol. The fraction of sp³-hybridized carbons (Fsp3) is 0.350. The highest BCUT2D eigenvalue weighted by atomic mass is 16.4. The van der Waals surface area contributed by atoms with Crippen LogP contribution in [0.3, 0.4) is 0 Å². The van der Waals surface area contributed by atoms with Gasteiger partial charge < -0.3 is 15.3 Å². The molecule has 1 aliphatic rings. The van der Waals surface area contributed by atoms with E-state index in [0.29, 0.717) is 6.42 Å². The van der Waals surface area contributed by atoms with E-state index in [-0.39, 0.29) is 23.5 Å². The summed E-state index contributed by atoms with van der Waals surface area (Å²) in [5.74, 6) is -0.668. The molecule has 2 aromatic carbocycles. The number of phenols is 2. The summed E-state index contributed by atoms with van der Waals surface area (Å²) >= 11 is 0. The molecule has 0 heterocycles. The number of fused-ring (bicyclic) bond motifs is 1. The van der Waals surface area contributed by atoms with Crippen LogP contribution in [0.2, 0.25) is 0 Å². The first-order valence-corrected chi connectivity index (χ1v) is 8.59. The first-order chi connectivity index (χ1) is 12.0. The Balaban J connectivity index is 1.84. The molecule has 0 fully saturated rings. The molecule has 3 atom stereocenters. The van der Waals surface area contributed by atoms with Crippen molar-refractivity contribution in [2.24, 2.45) is 0 Å². The van der Waals surface area contributed by atoms with E-state index in [1.165, 1.54) is 0 Å². The van der Waals surface area contributed by atoms with E-state index in [4.69, 9.17) is 0 Å². The van der Waals surface area contributed by atoms with E-state index in [9.17, 15) is 20.1 Å². The Bertz CT molecular complexity index is 757. The van der Waals surface area contributed by atoms with Crippen LogP contribution in [0, 0.1) is 0 Å². The molecule has 0 spiro atoms. The summed E-state index contributed by atoms with van der Waals surface area (Å²) in [6.07, 6.45) is 2.31. The number of aromatic hydroxyl groups is 2. The number of rotatable bonds is 6. The lowest BCUT2D eigenvalue weighted by Gasteiger charge is -2.28. The zero-order chi connectivity index (χ0) is 18.0. The van der Waals surface area contributed by atoms with Gasteiger partial charge in [-0.25, -0.2) is 0 Å². The third-order valence-electron chi connectivity index (χ3n) is 5.01. The molecule has 25 heavy (non-hydrogen) atoms. The van der Waals surface area contributed by atoms with Gasteiger partial charge in [-0.3, -0.25) is 10.1 Å². The van der Waals surface area contributed by atoms with Crippen molar-refractivity contribution in [1.82, 2.24) is 5.32 Å². The van der Waals surface area contributed by atoms with Gasteiger partial charge in [0.1, 0.15) is 17.5 Å². The lowest BCUT2D eigenvalue weighted by Crippen LogP contribution is -2.43. The van der Waals surface area contributed by atoms with E-state index in [2.05, 4.69) is 5.32 Å². The molecule has 0 aliphatic heterocycles. The van der Waals surface area contributed by atoms with Gasteiger partial charge >= 0.3 is 5.97 Å². The normalized spacial score (nSPS) is 18.5. The third-order valence-corrected chi connectivity index (χ3v) is 5.01. The molecule has 0 saturated carbocycles. The zero-order valence-corrected chi connectivity index (χ0v) is 14.1. The van der Waals surface area contributed by atoms with Crippen LogP contribution in [0.15, 0.2) is 42.5 Å². The predicted molar refractivity (Wildman–Crippen MR) is 94.9 cm³/mol. The van der Waals surface area contributed by atoms with Crippen LogP contribution in [-0.4, -0.2) is 27.3 Å². The number of benzene rings is 2. The van der Waals surface area contributed by atoms with Crippen molar-refractivity contribution in [3.8, 4) is 11.5 Å². The monoisotopic (exact) mass is 341 g/mol. The number of nitrogens with one attached hydrogen (secondary N) is 1. The van der Waals surface area contributed by atoms with Crippen molar-refractivity contribution in [2.75, 3.05) is 0 Å². The second-order valence-electron chi connectivity index (χ2n) is 6.56. The van der Waals surface area contributed by atoms with Crippen molar-refractivity contribution >= 4 is 5.97 Å². The largest absolute Gasteiger partial charge is 0.508 e. The smallest absolute Gasteiger partial charge is 0.321 e. The lowest BCUT2D eigenvalue weighted by molar-refractivity contribution is -0.140. The fourth-order valence-corrected chi connectivity index (χ4v) is 3.74. The summed E-state index contributed by atoms with van der Waals surface area (Å²) in [5.41, 5.74) is 3.02. The SMILES string of the molecule is CCC(c1ccc(O)cc1)C(NC1CCc2cc(O)ccc21)C(=O)O. The first kappa shape index (κ1) is 17.3. The molecule has 3 rings (SSSR count). The molecule has 0 amide bonds. The first-order valence-electron chi connectivity index (χ1n) is 8.59. The van der Waals surface area contributed by atoms with Gasteiger partial charge in [0, 0.05) is 12.0 Å². The average Bonchev–Trinajstić information content (AvgIpc) is 2.98. The zero-order valence-electron chi connectivity index (χ0n) is 14.1. The number of aliphatic carboxylic acids is 1. The molecule has 3 unspecified atom stereocenters. The molecule has 0 bridgehead atoms. The van der Waals surface area contributed by atoms with E-state index >= 15 is 0 Å². The van der Waals surface area contributed by atoms with Crippen LogP contribution in [0.5, 0.6) is 11.5 Å². The number of carboxylic acid groups (broad SMARTS) is 1. The van der Waals surface area contributed by atoms with Crippen LogP contribution in [0.1, 0.15) is 48.4 Å². The van der Waals surface area contributed by atoms with Crippen molar-refractivity contribution in [2.45, 2.75) is 44.2 Å². The number of phenolic OH excluding ortho intramolecular Hbond substituents is 2. The highest BCUT2D eigenvalue weighted by Gasteiger charge is 2.33. The van der Waals surface area contributed by atoms with E-state index in [1.54, 1.807) is 36.4 Å². The van der Waals surface area contributed by atoms with Crippen LogP contribution < -0.4 is 5.32 Å². The van der Waals surface area contributed by atoms with Gasteiger partial charge in [0.2, 0.25) is 0 Å². The maximum absolute atomic E-state index is 11.9. The van der Waals surface area contributed by atoms with E-state index in [1.807, 2.05) is 13.0 Å². The molecule has 0 saturated heterocycles. The summed E-state index contributed by atoms with van der Waals surface area (Å²) in [5, 5.41) is 32.2. The van der Waals surface area contributed by atoms with E-state index < -0.39 is 12.0 Å². The van der Waals surface area contributed by atoms with Crippen LogP contribution in [-0.2, 0) is 11.2 Å². The third kappa shape index (κ3) is 3.61. The van der Waals surface area contributed by atoms with Crippen molar-refractivity contribution in [1.29, 1.82) is 0 Å². The van der Waals surface area contributed by atoms with Crippen LogP contribution in [0.25, 0.3) is 0 Å². The quantitative estimate of drug-likeness (QED) is 0.647. The Morgan fingerprint density at radius 2 is 1.84 bits per heavy atom. The second-order valence-corrected chi connectivity index (χ2v) is 6.56. The standard InChI is InChI=1S/C20H23NO4/c1-2-16(12-3-6-14(22)7-4-12)19(20(24)25)21-18-10-5-13-11-15(23)8-9-17(13)18/h3-4,6-9,11,16,18-19,21-23H,2,5,10H2,1H3,(H,24,25). The molecule has 0 radical (unpaired) electrons. The highest BCUT2D eigenvalue weighted by molar-refractivity contribution is 5.75. The Morgan fingerprint density at radius 1 is 1.16 bits per heavy atom. The van der Waals surface area contributed by atoms with Gasteiger partial charge in [-0.2, -0.15) is 0 Å². The number of hydrogen-bond acceptors (Lipinski definition) is 4. The summed E-state index contributed by atoms with van der Waals surface area (Å²) in [7, 11) is 0. The number of carbonyl (C=O) groups is 1. The van der Waals surface area contributed by atoms with Gasteiger partial charge in [0.25, 0.3) is 0 Å². The van der Waals surface area contributed by atoms with Gasteiger partial charge in [-0.15, -0.1) is 0 Å². The van der Waals surface area contributed by atoms with Gasteiger partial charge in [0.05, 0.1) is 0 Å². The summed E-state index contributed by atoms with van der Waals surface area (Å²) < 4.78 is 0. The molecule has 0 aromatic heterocycles. The van der Waals surface area contributed by atoms with Gasteiger partial charge in [-0.05, 0) is 60.2 Å². The van der Waals surface area contributed by atoms with Crippen LogP contribution in [0.4, 0.5) is 0 Å². The molecule has 5 nitrogen and oxygen atoms in total. The molecule has 5 heteroatoms. The molecule has 1 aliphatic carbocycles. The molecule has 2 aromatic rings. The lowest BCUT2D eigenvalue weighted by atomic mass is 9.88. The van der Waals surface area contributed by atoms with Crippen molar-refractivity contribution in [3.63, 3.8) is 0 Å². The Kier molecular flexibility index (Phi) is 4.95. The van der Waals surface area contributed by atoms with Crippen LogP contribution >= 0.6 is 0 Å². The Morgan fingerprint density at radius 3 is 2.48 bits per heavy atom. The second kappa shape index (κ2) is 7.15. The Hall–Kier alpha value is -2.53. The van der Waals surface area contributed by atoms with Gasteiger partial charge in [-0.1, -0.05) is 25.1 Å². The van der Waals surface area contributed by atoms with E-state index in [0.717, 1.165) is 29.5 Å². The average molecular weight is 341 g/mol. The van der Waals surface area contributed by atoms with Crippen molar-refractivity contribution < 1.29 is 20.1 Å². The number of hydrogen-bond donors (Lipinski definition) is 4. The summed E-state index contributed by atoms with van der Waals surface area (Å²) in [6, 6.07) is 11.2. The Labute approximate surface area is 146 Å². The number of aryl methyl sites for hydroxylation is 1. The minimum absolute atomic E-state index is 0.0390. The molecule has 4 N–H and O–H groups in total. The highest BCUT2D eigenvalue weighted by Crippen LogP contribution is 2.35. The molecule has 132 valence electrons. The van der Waals surface area contributed by atoms with Crippen molar-refractivity contribution in [3.05, 3.63) is 59.2 Å². The van der Waals surface area contributed by atoms with Gasteiger partial charge in [0.15, 0.2) is 0 Å². The topological polar surface area (TPSA) is 89.8 Å².